The Morgan fingerprint density at radius 2 is 2.00 bits per heavy atom. The predicted octanol–water partition coefficient (Wildman–Crippen LogP) is 0.386. The molecular weight excluding hydrogens is 316 g/mol. The minimum absolute atomic E-state index is 0.151. The maximum Gasteiger partial charge on any atom is 0.175 e. The van der Waals surface area contributed by atoms with E-state index in [1.54, 1.807) is 24.3 Å². The molecule has 23 heavy (non-hydrogen) atoms. The van der Waals surface area contributed by atoms with Crippen molar-refractivity contribution in [2.24, 2.45) is 0 Å². The van der Waals surface area contributed by atoms with Crippen LogP contribution in [0.1, 0.15) is 11.7 Å². The van der Waals surface area contributed by atoms with Crippen LogP contribution < -0.4 is 0 Å². The largest absolute Gasteiger partial charge is 0.387 e. The first-order chi connectivity index (χ1) is 10.8. The zero-order valence-corrected chi connectivity index (χ0v) is 14.8. The molecule has 1 aliphatic heterocycles. The molecule has 1 heterocycles. The number of hydrogen-bond donors (Lipinski definition) is 1. The van der Waals surface area contributed by atoms with Gasteiger partial charge >= 0.3 is 0 Å². The zero-order chi connectivity index (χ0) is 17.0. The molecule has 1 N–H and O–H groups in total. The normalized spacial score (nSPS) is 21.5. The number of aliphatic hydroxyl groups is 1. The summed E-state index contributed by atoms with van der Waals surface area (Å²) in [6, 6.07) is 6.45. The van der Waals surface area contributed by atoms with Crippen molar-refractivity contribution in [3.8, 4) is 0 Å². The number of rotatable bonds is 6. The molecule has 2 atom stereocenters. The highest BCUT2D eigenvalue weighted by molar-refractivity contribution is 7.90. The molecule has 1 fully saturated rings. The third-order valence-corrected chi connectivity index (χ3v) is 5.04. The van der Waals surface area contributed by atoms with Crippen molar-refractivity contribution in [2.75, 3.05) is 53.1 Å². The summed E-state index contributed by atoms with van der Waals surface area (Å²) in [7, 11) is 0.824. The lowest BCUT2D eigenvalue weighted by Crippen LogP contribution is -2.47. The number of likely N-dealkylation sites (N-methyl/N-ethyl adjacent to an activating group) is 1. The summed E-state index contributed by atoms with van der Waals surface area (Å²) >= 11 is 0. The standard InChI is InChI=1S/C16H26N2O4S/c1-17(2)10-14-11-18(8-9-22-14)12-16(19)13-4-6-15(7-5-13)23(3,20)21/h4-7,14,16,19H,8-12H2,1-3H3/t14-,16+/m1/s1. The van der Waals surface area contributed by atoms with E-state index in [0.717, 1.165) is 25.2 Å². The lowest BCUT2D eigenvalue weighted by molar-refractivity contribution is -0.0489. The van der Waals surface area contributed by atoms with E-state index in [-0.39, 0.29) is 11.0 Å². The molecule has 0 spiro atoms. The number of ether oxygens (including phenoxy) is 1. The third-order valence-electron chi connectivity index (χ3n) is 3.92. The Morgan fingerprint density at radius 1 is 1.35 bits per heavy atom. The summed E-state index contributed by atoms with van der Waals surface area (Å²) in [4.78, 5) is 4.55. The van der Waals surface area contributed by atoms with E-state index >= 15 is 0 Å². The number of hydrogen-bond acceptors (Lipinski definition) is 6. The molecule has 0 aliphatic carbocycles. The highest BCUT2D eigenvalue weighted by atomic mass is 32.2. The first-order valence-corrected chi connectivity index (χ1v) is 9.61. The SMILES string of the molecule is CN(C)C[C@@H]1CN(C[C@H](O)c2ccc(S(C)(=O)=O)cc2)CCO1. The molecule has 0 aromatic heterocycles. The van der Waals surface area contributed by atoms with Crippen LogP contribution in [0.5, 0.6) is 0 Å². The Kier molecular flexibility index (Phi) is 6.16. The van der Waals surface area contributed by atoms with Gasteiger partial charge in [0.2, 0.25) is 0 Å². The van der Waals surface area contributed by atoms with E-state index in [1.165, 1.54) is 6.26 Å². The maximum atomic E-state index is 11.5. The third kappa shape index (κ3) is 5.54. The quantitative estimate of drug-likeness (QED) is 0.806. The number of benzene rings is 1. The number of aliphatic hydroxyl groups excluding tert-OH is 1. The Labute approximate surface area is 138 Å². The predicted molar refractivity (Wildman–Crippen MR) is 89.2 cm³/mol. The van der Waals surface area contributed by atoms with Gasteiger partial charge in [0.1, 0.15) is 0 Å². The molecule has 0 saturated carbocycles. The Hall–Kier alpha value is -0.990. The van der Waals surface area contributed by atoms with E-state index in [9.17, 15) is 13.5 Å². The first-order valence-electron chi connectivity index (χ1n) is 7.72. The van der Waals surface area contributed by atoms with Gasteiger partial charge in [-0.2, -0.15) is 0 Å². The van der Waals surface area contributed by atoms with Crippen molar-refractivity contribution >= 4 is 9.84 Å². The molecule has 0 amide bonds. The van der Waals surface area contributed by atoms with E-state index < -0.39 is 15.9 Å². The molecule has 0 radical (unpaired) electrons. The van der Waals surface area contributed by atoms with Crippen LogP contribution in [0.15, 0.2) is 29.2 Å². The summed E-state index contributed by atoms with van der Waals surface area (Å²) in [5.74, 6) is 0. The number of sulfone groups is 1. The van der Waals surface area contributed by atoms with Crippen LogP contribution in [0, 0.1) is 0 Å². The van der Waals surface area contributed by atoms with Crippen molar-refractivity contribution in [1.29, 1.82) is 0 Å². The average molecular weight is 342 g/mol. The van der Waals surface area contributed by atoms with Crippen molar-refractivity contribution in [3.63, 3.8) is 0 Å². The smallest absolute Gasteiger partial charge is 0.175 e. The van der Waals surface area contributed by atoms with Gasteiger partial charge in [-0.15, -0.1) is 0 Å². The lowest BCUT2D eigenvalue weighted by Gasteiger charge is -2.35. The fourth-order valence-corrected chi connectivity index (χ4v) is 3.38. The van der Waals surface area contributed by atoms with Gasteiger partial charge in [0.25, 0.3) is 0 Å². The van der Waals surface area contributed by atoms with Crippen molar-refractivity contribution in [2.45, 2.75) is 17.1 Å². The monoisotopic (exact) mass is 342 g/mol. The molecular formula is C16H26N2O4S. The summed E-state index contributed by atoms with van der Waals surface area (Å²) < 4.78 is 28.7. The van der Waals surface area contributed by atoms with Crippen LogP contribution in [-0.2, 0) is 14.6 Å². The minimum atomic E-state index is -3.20. The molecule has 0 unspecified atom stereocenters. The molecule has 7 heteroatoms. The van der Waals surface area contributed by atoms with E-state index in [4.69, 9.17) is 4.74 Å². The second kappa shape index (κ2) is 7.72. The van der Waals surface area contributed by atoms with Crippen LogP contribution in [0.3, 0.4) is 0 Å². The summed E-state index contributed by atoms with van der Waals surface area (Å²) in [6.07, 6.45) is 0.692. The van der Waals surface area contributed by atoms with Gasteiger partial charge in [0.15, 0.2) is 9.84 Å². The van der Waals surface area contributed by atoms with Gasteiger partial charge in [-0.1, -0.05) is 12.1 Å². The molecule has 1 saturated heterocycles. The Balaban J connectivity index is 1.94. The average Bonchev–Trinajstić information content (AvgIpc) is 2.46. The summed E-state index contributed by atoms with van der Waals surface area (Å²) in [5, 5.41) is 10.4. The Bertz CT molecular complexity index is 601. The van der Waals surface area contributed by atoms with Gasteiger partial charge < -0.3 is 14.7 Å². The molecule has 0 bridgehead atoms. The zero-order valence-electron chi connectivity index (χ0n) is 14.0. The first kappa shape index (κ1) is 18.4. The van der Waals surface area contributed by atoms with Crippen LogP contribution in [0.4, 0.5) is 0 Å². The molecule has 1 aliphatic rings. The van der Waals surface area contributed by atoms with Crippen LogP contribution >= 0.6 is 0 Å². The molecule has 6 nitrogen and oxygen atoms in total. The van der Waals surface area contributed by atoms with E-state index in [0.29, 0.717) is 13.2 Å². The second-order valence-electron chi connectivity index (χ2n) is 6.37. The second-order valence-corrected chi connectivity index (χ2v) is 8.39. The van der Waals surface area contributed by atoms with Crippen LogP contribution in [0.25, 0.3) is 0 Å². The van der Waals surface area contributed by atoms with Crippen LogP contribution in [0.2, 0.25) is 0 Å². The fourth-order valence-electron chi connectivity index (χ4n) is 2.75. The summed E-state index contributed by atoms with van der Waals surface area (Å²) in [6.45, 7) is 3.62. The van der Waals surface area contributed by atoms with Crippen molar-refractivity contribution < 1.29 is 18.3 Å². The lowest BCUT2D eigenvalue weighted by atomic mass is 10.1. The van der Waals surface area contributed by atoms with Crippen LogP contribution in [-0.4, -0.2) is 82.6 Å². The molecule has 1 aromatic carbocycles. The highest BCUT2D eigenvalue weighted by Gasteiger charge is 2.23. The number of nitrogens with zero attached hydrogens (tertiary/aromatic N) is 2. The topological polar surface area (TPSA) is 70.1 Å². The van der Waals surface area contributed by atoms with Gasteiger partial charge in [-0.25, -0.2) is 8.42 Å². The molecule has 130 valence electrons. The number of β-amino-alcohol motifs (C(OH)–C–C–N with tert-alkyl or cyclic N) is 1. The van der Waals surface area contributed by atoms with Gasteiger partial charge in [-0.3, -0.25) is 4.90 Å². The molecule has 2 rings (SSSR count). The maximum absolute atomic E-state index is 11.5. The Morgan fingerprint density at radius 3 is 2.57 bits per heavy atom. The van der Waals surface area contributed by atoms with E-state index in [1.807, 2.05) is 14.1 Å². The molecule has 1 aromatic rings. The fraction of sp³-hybridized carbons (Fsp3) is 0.625. The van der Waals surface area contributed by atoms with Gasteiger partial charge in [0.05, 0.1) is 23.7 Å². The van der Waals surface area contributed by atoms with Gasteiger partial charge in [0, 0.05) is 32.4 Å². The highest BCUT2D eigenvalue weighted by Crippen LogP contribution is 2.19. The minimum Gasteiger partial charge on any atom is -0.387 e. The number of morpholine rings is 1. The van der Waals surface area contributed by atoms with Crippen molar-refractivity contribution in [3.05, 3.63) is 29.8 Å². The van der Waals surface area contributed by atoms with Crippen molar-refractivity contribution in [1.82, 2.24) is 9.80 Å². The van der Waals surface area contributed by atoms with E-state index in [2.05, 4.69) is 9.80 Å². The summed E-state index contributed by atoms with van der Waals surface area (Å²) in [5.41, 5.74) is 0.730. The van der Waals surface area contributed by atoms with Gasteiger partial charge in [-0.05, 0) is 31.8 Å².